The summed E-state index contributed by atoms with van der Waals surface area (Å²) in [5, 5.41) is 8.03. The number of hydrogen-bond acceptors (Lipinski definition) is 2. The van der Waals surface area contributed by atoms with Gasteiger partial charge in [-0.15, -0.1) is 0 Å². The Balaban J connectivity index is 2.07. The van der Waals surface area contributed by atoms with Crippen molar-refractivity contribution in [3.05, 3.63) is 18.0 Å². The summed E-state index contributed by atoms with van der Waals surface area (Å²) in [6, 6.07) is 2.69. The molecule has 1 aromatic rings. The van der Waals surface area contributed by atoms with Crippen molar-refractivity contribution in [2.45, 2.75) is 52.1 Å². The molecule has 2 atom stereocenters. The predicted octanol–water partition coefficient (Wildman–Crippen LogP) is 2.74. The van der Waals surface area contributed by atoms with E-state index in [9.17, 15) is 0 Å². The molecule has 2 unspecified atom stereocenters. The Bertz CT molecular complexity index is 319. The second-order valence-electron chi connectivity index (χ2n) is 4.78. The highest BCUT2D eigenvalue weighted by Gasteiger charge is 2.23. The molecule has 0 saturated carbocycles. The van der Waals surface area contributed by atoms with Crippen LogP contribution in [0.5, 0.6) is 0 Å². The molecule has 1 saturated heterocycles. The molecule has 0 aliphatic carbocycles. The van der Waals surface area contributed by atoms with Crippen LogP contribution in [0.4, 0.5) is 0 Å². The zero-order valence-electron chi connectivity index (χ0n) is 10.4. The molecular formula is C13H23N3. The van der Waals surface area contributed by atoms with Gasteiger partial charge in [-0.05, 0) is 37.8 Å². The first-order valence-corrected chi connectivity index (χ1v) is 6.60. The second-order valence-corrected chi connectivity index (χ2v) is 4.78. The van der Waals surface area contributed by atoms with E-state index in [0.717, 1.165) is 25.4 Å². The molecule has 2 heterocycles. The van der Waals surface area contributed by atoms with Gasteiger partial charge < -0.3 is 5.32 Å². The predicted molar refractivity (Wildman–Crippen MR) is 66.3 cm³/mol. The van der Waals surface area contributed by atoms with Crippen molar-refractivity contribution in [3.8, 4) is 0 Å². The lowest BCUT2D eigenvalue weighted by atomic mass is 9.89. The first-order chi connectivity index (χ1) is 7.85. The molecule has 3 heteroatoms. The Hall–Kier alpha value is -0.830. The van der Waals surface area contributed by atoms with Crippen molar-refractivity contribution in [1.29, 1.82) is 0 Å². The van der Waals surface area contributed by atoms with E-state index in [4.69, 9.17) is 0 Å². The van der Waals surface area contributed by atoms with Crippen LogP contribution in [0.2, 0.25) is 0 Å². The Morgan fingerprint density at radius 2 is 2.38 bits per heavy atom. The van der Waals surface area contributed by atoms with Crippen molar-refractivity contribution in [1.82, 2.24) is 15.1 Å². The van der Waals surface area contributed by atoms with Gasteiger partial charge in [-0.2, -0.15) is 5.10 Å². The quantitative estimate of drug-likeness (QED) is 0.847. The van der Waals surface area contributed by atoms with Gasteiger partial charge in [0.1, 0.15) is 0 Å². The van der Waals surface area contributed by atoms with Gasteiger partial charge >= 0.3 is 0 Å². The number of nitrogens with one attached hydrogen (secondary N) is 1. The second kappa shape index (κ2) is 5.48. The minimum Gasteiger partial charge on any atom is -0.309 e. The lowest BCUT2D eigenvalue weighted by Gasteiger charge is -2.30. The summed E-state index contributed by atoms with van der Waals surface area (Å²) in [6.45, 7) is 6.70. The molecule has 0 aromatic carbocycles. The van der Waals surface area contributed by atoms with Gasteiger partial charge in [-0.25, -0.2) is 0 Å². The molecule has 0 spiro atoms. The Labute approximate surface area is 98.2 Å². The number of aromatic nitrogens is 2. The molecule has 90 valence electrons. The highest BCUT2D eigenvalue weighted by atomic mass is 15.3. The number of hydrogen-bond donors (Lipinski definition) is 1. The van der Waals surface area contributed by atoms with Gasteiger partial charge in [0.15, 0.2) is 0 Å². The van der Waals surface area contributed by atoms with Gasteiger partial charge in [-0.1, -0.05) is 20.3 Å². The third kappa shape index (κ3) is 2.46. The van der Waals surface area contributed by atoms with E-state index in [-0.39, 0.29) is 0 Å². The van der Waals surface area contributed by atoms with E-state index in [2.05, 4.69) is 35.0 Å². The zero-order chi connectivity index (χ0) is 11.4. The molecule has 1 aliphatic heterocycles. The maximum Gasteiger partial charge on any atom is 0.0553 e. The first-order valence-electron chi connectivity index (χ1n) is 6.60. The number of rotatable bonds is 4. The summed E-state index contributed by atoms with van der Waals surface area (Å²) in [5.41, 5.74) is 1.38. The summed E-state index contributed by atoms with van der Waals surface area (Å²) < 4.78 is 2.16. The van der Waals surface area contributed by atoms with E-state index >= 15 is 0 Å². The highest BCUT2D eigenvalue weighted by molar-refractivity contribution is 5.08. The standard InChI is InChI=1S/C13H23N3/c1-3-9-16-13(6-8-15-16)12-10-11(4-2)5-7-14-12/h6,8,11-12,14H,3-5,7,9-10H2,1-2H3. The van der Waals surface area contributed by atoms with E-state index in [1.165, 1.54) is 25.0 Å². The van der Waals surface area contributed by atoms with Crippen molar-refractivity contribution in [2.24, 2.45) is 5.92 Å². The molecule has 2 rings (SSSR count). The van der Waals surface area contributed by atoms with E-state index < -0.39 is 0 Å². The fourth-order valence-electron chi connectivity index (χ4n) is 2.63. The SMILES string of the molecule is CCCn1nccc1C1CC(CC)CCN1. The van der Waals surface area contributed by atoms with Crippen LogP contribution in [0.25, 0.3) is 0 Å². The first kappa shape index (κ1) is 11.6. The van der Waals surface area contributed by atoms with Crippen LogP contribution < -0.4 is 5.32 Å². The van der Waals surface area contributed by atoms with Crippen LogP contribution >= 0.6 is 0 Å². The molecular weight excluding hydrogens is 198 g/mol. The van der Waals surface area contributed by atoms with Gasteiger partial charge in [0, 0.05) is 18.8 Å². The van der Waals surface area contributed by atoms with Gasteiger partial charge in [0.05, 0.1) is 5.69 Å². The number of aryl methyl sites for hydroxylation is 1. The fourth-order valence-corrected chi connectivity index (χ4v) is 2.63. The van der Waals surface area contributed by atoms with Crippen molar-refractivity contribution in [2.75, 3.05) is 6.54 Å². The Kier molecular flexibility index (Phi) is 3.99. The monoisotopic (exact) mass is 221 g/mol. The number of nitrogens with zero attached hydrogens (tertiary/aromatic N) is 2. The Morgan fingerprint density at radius 1 is 1.50 bits per heavy atom. The zero-order valence-corrected chi connectivity index (χ0v) is 10.4. The minimum atomic E-state index is 0.521. The van der Waals surface area contributed by atoms with Crippen LogP contribution in [0.15, 0.2) is 12.3 Å². The van der Waals surface area contributed by atoms with Crippen LogP contribution in [0, 0.1) is 5.92 Å². The van der Waals surface area contributed by atoms with Crippen molar-refractivity contribution in [3.63, 3.8) is 0 Å². The molecule has 0 radical (unpaired) electrons. The van der Waals surface area contributed by atoms with Crippen LogP contribution in [-0.4, -0.2) is 16.3 Å². The fraction of sp³-hybridized carbons (Fsp3) is 0.769. The molecule has 1 aromatic heterocycles. The van der Waals surface area contributed by atoms with Crippen LogP contribution in [0.1, 0.15) is 51.3 Å². The average Bonchev–Trinajstić information content (AvgIpc) is 2.78. The van der Waals surface area contributed by atoms with Gasteiger partial charge in [0.2, 0.25) is 0 Å². The van der Waals surface area contributed by atoms with E-state index in [1.807, 2.05) is 6.20 Å². The lowest BCUT2D eigenvalue weighted by molar-refractivity contribution is 0.287. The average molecular weight is 221 g/mol. The summed E-state index contributed by atoms with van der Waals surface area (Å²) in [7, 11) is 0. The molecule has 3 nitrogen and oxygen atoms in total. The summed E-state index contributed by atoms with van der Waals surface area (Å²) in [6.07, 6.45) is 6.99. The molecule has 1 aliphatic rings. The third-order valence-electron chi connectivity index (χ3n) is 3.63. The van der Waals surface area contributed by atoms with Crippen molar-refractivity contribution < 1.29 is 0 Å². The number of piperidine rings is 1. The smallest absolute Gasteiger partial charge is 0.0553 e. The summed E-state index contributed by atoms with van der Waals surface area (Å²) in [4.78, 5) is 0. The van der Waals surface area contributed by atoms with Crippen LogP contribution in [0.3, 0.4) is 0 Å². The molecule has 0 bridgehead atoms. The summed E-state index contributed by atoms with van der Waals surface area (Å²) >= 11 is 0. The van der Waals surface area contributed by atoms with Gasteiger partial charge in [-0.3, -0.25) is 4.68 Å². The van der Waals surface area contributed by atoms with Crippen molar-refractivity contribution >= 4 is 0 Å². The summed E-state index contributed by atoms with van der Waals surface area (Å²) in [5.74, 6) is 0.885. The Morgan fingerprint density at radius 3 is 3.12 bits per heavy atom. The molecule has 1 N–H and O–H groups in total. The third-order valence-corrected chi connectivity index (χ3v) is 3.63. The van der Waals surface area contributed by atoms with Crippen LogP contribution in [-0.2, 0) is 6.54 Å². The molecule has 0 amide bonds. The normalized spacial score (nSPS) is 25.9. The maximum absolute atomic E-state index is 4.41. The van der Waals surface area contributed by atoms with E-state index in [1.54, 1.807) is 0 Å². The maximum atomic E-state index is 4.41. The largest absolute Gasteiger partial charge is 0.309 e. The highest BCUT2D eigenvalue weighted by Crippen LogP contribution is 2.28. The van der Waals surface area contributed by atoms with Gasteiger partial charge in [0.25, 0.3) is 0 Å². The minimum absolute atomic E-state index is 0.521. The molecule has 1 fully saturated rings. The lowest BCUT2D eigenvalue weighted by Crippen LogP contribution is -2.33. The topological polar surface area (TPSA) is 29.9 Å². The molecule has 16 heavy (non-hydrogen) atoms. The van der Waals surface area contributed by atoms with E-state index in [0.29, 0.717) is 6.04 Å².